The Morgan fingerprint density at radius 2 is 1.77 bits per heavy atom. The van der Waals surface area contributed by atoms with Gasteiger partial charge in [-0.1, -0.05) is 24.3 Å². The van der Waals surface area contributed by atoms with Gasteiger partial charge in [0.25, 0.3) is 0 Å². The largest absolute Gasteiger partial charge is 0.469 e. The number of carbonyl (C=O) groups excluding carboxylic acids is 1. The van der Waals surface area contributed by atoms with Crippen LogP contribution in [0.4, 0.5) is 5.82 Å². The molecule has 1 aliphatic carbocycles. The van der Waals surface area contributed by atoms with E-state index in [0.29, 0.717) is 11.6 Å². The van der Waals surface area contributed by atoms with Gasteiger partial charge in [0.15, 0.2) is 0 Å². The van der Waals surface area contributed by atoms with Crippen LogP contribution in [0.1, 0.15) is 31.2 Å². The highest BCUT2D eigenvalue weighted by Gasteiger charge is 2.26. The van der Waals surface area contributed by atoms with Crippen LogP contribution in [0.5, 0.6) is 0 Å². The molecule has 0 atom stereocenters. The minimum atomic E-state index is -0.0956. The molecular weight excluding hydrogens is 328 g/mol. The van der Waals surface area contributed by atoms with Crippen LogP contribution in [0, 0.1) is 11.3 Å². The lowest BCUT2D eigenvalue weighted by Crippen LogP contribution is -2.30. The fourth-order valence-electron chi connectivity index (χ4n) is 3.34. The van der Waals surface area contributed by atoms with Crippen LogP contribution in [-0.4, -0.2) is 29.9 Å². The Morgan fingerprint density at radius 3 is 2.31 bits per heavy atom. The molecule has 1 saturated carbocycles. The Labute approximate surface area is 153 Å². The predicted octanol–water partition coefficient (Wildman–Crippen LogP) is 3.18. The van der Waals surface area contributed by atoms with Gasteiger partial charge in [0.1, 0.15) is 11.7 Å². The molecule has 1 aromatic carbocycles. The fraction of sp³-hybridized carbons (Fsp3) is 0.350. The number of aromatic nitrogens is 1. The van der Waals surface area contributed by atoms with Crippen molar-refractivity contribution >= 4 is 17.6 Å². The molecule has 4 N–H and O–H groups in total. The number of methoxy groups -OCH3 is 1. The van der Waals surface area contributed by atoms with Crippen LogP contribution in [0.15, 0.2) is 42.6 Å². The van der Waals surface area contributed by atoms with Crippen molar-refractivity contribution < 1.29 is 9.53 Å². The monoisotopic (exact) mass is 352 g/mol. The van der Waals surface area contributed by atoms with Gasteiger partial charge in [0, 0.05) is 23.4 Å². The molecule has 0 amide bonds. The summed E-state index contributed by atoms with van der Waals surface area (Å²) in [5, 5.41) is 10.9. The minimum Gasteiger partial charge on any atom is -0.469 e. The number of ether oxygens (including phenoxy) is 1. The van der Waals surface area contributed by atoms with E-state index in [4.69, 9.17) is 15.9 Å². The molecule has 1 aliphatic rings. The molecule has 0 saturated heterocycles. The lowest BCUT2D eigenvalue weighted by atomic mass is 9.86. The average Bonchev–Trinajstić information content (AvgIpc) is 2.68. The van der Waals surface area contributed by atoms with Crippen molar-refractivity contribution in [1.29, 1.82) is 5.41 Å². The van der Waals surface area contributed by atoms with Gasteiger partial charge in [0.2, 0.25) is 0 Å². The number of nitrogen functional groups attached to an aromatic ring is 1. The minimum absolute atomic E-state index is 0.0337. The van der Waals surface area contributed by atoms with Gasteiger partial charge in [-0.3, -0.25) is 10.2 Å². The number of benzene rings is 1. The topological polar surface area (TPSA) is 101 Å². The predicted molar refractivity (Wildman–Crippen MR) is 102 cm³/mol. The van der Waals surface area contributed by atoms with E-state index in [1.54, 1.807) is 0 Å². The molecule has 0 spiro atoms. The molecule has 2 aromatic rings. The molecule has 6 heteroatoms. The van der Waals surface area contributed by atoms with Crippen LogP contribution >= 0.6 is 0 Å². The molecule has 0 aliphatic heterocycles. The zero-order valence-corrected chi connectivity index (χ0v) is 14.9. The quantitative estimate of drug-likeness (QED) is 0.436. The molecule has 136 valence electrons. The normalized spacial score (nSPS) is 19.6. The number of esters is 1. The van der Waals surface area contributed by atoms with E-state index >= 15 is 0 Å². The van der Waals surface area contributed by atoms with Gasteiger partial charge in [-0.05, 0) is 43.4 Å². The molecule has 6 nitrogen and oxygen atoms in total. The van der Waals surface area contributed by atoms with Gasteiger partial charge in [-0.15, -0.1) is 0 Å². The SMILES string of the molecule is COC(=O)C1CCC(Nc2ccc(-c3ccc(C(=N)N)cc3)cn2)CC1. The number of pyridine rings is 1. The van der Waals surface area contributed by atoms with E-state index in [-0.39, 0.29) is 17.7 Å². The van der Waals surface area contributed by atoms with Crippen molar-refractivity contribution in [3.8, 4) is 11.1 Å². The summed E-state index contributed by atoms with van der Waals surface area (Å²) in [5.41, 5.74) is 8.24. The summed E-state index contributed by atoms with van der Waals surface area (Å²) >= 11 is 0. The van der Waals surface area contributed by atoms with Gasteiger partial charge in [-0.2, -0.15) is 0 Å². The Balaban J connectivity index is 1.58. The Bertz CT molecular complexity index is 763. The second-order valence-electron chi connectivity index (χ2n) is 6.64. The van der Waals surface area contributed by atoms with Crippen molar-refractivity contribution in [2.75, 3.05) is 12.4 Å². The summed E-state index contributed by atoms with van der Waals surface area (Å²) in [7, 11) is 1.45. The van der Waals surface area contributed by atoms with Crippen molar-refractivity contribution in [2.24, 2.45) is 11.7 Å². The van der Waals surface area contributed by atoms with Gasteiger partial charge in [-0.25, -0.2) is 4.98 Å². The summed E-state index contributed by atoms with van der Waals surface area (Å²) in [4.78, 5) is 16.1. The van der Waals surface area contributed by atoms with Crippen molar-refractivity contribution in [3.05, 3.63) is 48.2 Å². The smallest absolute Gasteiger partial charge is 0.308 e. The Morgan fingerprint density at radius 1 is 1.12 bits per heavy atom. The van der Waals surface area contributed by atoms with Crippen LogP contribution < -0.4 is 11.1 Å². The number of nitrogens with two attached hydrogens (primary N) is 1. The van der Waals surface area contributed by atoms with Crippen LogP contribution in [0.25, 0.3) is 11.1 Å². The second kappa shape index (κ2) is 7.99. The average molecular weight is 352 g/mol. The molecule has 1 heterocycles. The van der Waals surface area contributed by atoms with E-state index < -0.39 is 0 Å². The molecule has 0 radical (unpaired) electrons. The lowest BCUT2D eigenvalue weighted by molar-refractivity contribution is -0.146. The molecule has 1 fully saturated rings. The van der Waals surface area contributed by atoms with E-state index in [1.165, 1.54) is 7.11 Å². The summed E-state index contributed by atoms with van der Waals surface area (Å²) < 4.78 is 4.83. The van der Waals surface area contributed by atoms with E-state index in [9.17, 15) is 4.79 Å². The number of carbonyl (C=O) groups is 1. The standard InChI is InChI=1S/C20H24N4O2/c1-26-20(25)15-6-9-17(10-7-15)24-18-11-8-16(12-23-18)13-2-4-14(5-3-13)19(21)22/h2-5,8,11-12,15,17H,6-7,9-10H2,1H3,(H3,21,22)(H,23,24). The number of nitrogens with zero attached hydrogens (tertiary/aromatic N) is 1. The Hall–Kier alpha value is -2.89. The maximum atomic E-state index is 11.6. The maximum Gasteiger partial charge on any atom is 0.308 e. The highest BCUT2D eigenvalue weighted by Crippen LogP contribution is 2.27. The van der Waals surface area contributed by atoms with E-state index in [0.717, 1.165) is 42.6 Å². The molecule has 1 aromatic heterocycles. The van der Waals surface area contributed by atoms with Crippen molar-refractivity contribution in [2.45, 2.75) is 31.7 Å². The first-order valence-corrected chi connectivity index (χ1v) is 8.82. The summed E-state index contributed by atoms with van der Waals surface area (Å²) in [5.74, 6) is 0.847. The zero-order valence-electron chi connectivity index (χ0n) is 14.9. The van der Waals surface area contributed by atoms with Gasteiger partial charge in [0.05, 0.1) is 13.0 Å². The highest BCUT2D eigenvalue weighted by molar-refractivity contribution is 5.95. The van der Waals surface area contributed by atoms with Crippen molar-refractivity contribution in [3.63, 3.8) is 0 Å². The van der Waals surface area contributed by atoms with Gasteiger partial charge >= 0.3 is 5.97 Å². The van der Waals surface area contributed by atoms with Crippen LogP contribution in [0.3, 0.4) is 0 Å². The number of anilines is 1. The first kappa shape index (κ1) is 17.9. The first-order valence-electron chi connectivity index (χ1n) is 8.82. The van der Waals surface area contributed by atoms with E-state index in [2.05, 4.69) is 10.3 Å². The number of nitrogens with one attached hydrogen (secondary N) is 2. The first-order chi connectivity index (χ1) is 12.6. The van der Waals surface area contributed by atoms with Crippen molar-refractivity contribution in [1.82, 2.24) is 4.98 Å². The molecule has 3 rings (SSSR count). The molecule has 26 heavy (non-hydrogen) atoms. The zero-order chi connectivity index (χ0) is 18.5. The van der Waals surface area contributed by atoms with Crippen LogP contribution in [0.2, 0.25) is 0 Å². The number of rotatable bonds is 5. The highest BCUT2D eigenvalue weighted by atomic mass is 16.5. The molecule has 0 unspecified atom stereocenters. The number of hydrogen-bond acceptors (Lipinski definition) is 5. The third-order valence-electron chi connectivity index (χ3n) is 4.91. The summed E-state index contributed by atoms with van der Waals surface area (Å²) in [6.07, 6.45) is 5.42. The maximum absolute atomic E-state index is 11.6. The third kappa shape index (κ3) is 4.20. The summed E-state index contributed by atoms with van der Waals surface area (Å²) in [6, 6.07) is 11.9. The number of amidine groups is 1. The lowest BCUT2D eigenvalue weighted by Gasteiger charge is -2.27. The third-order valence-corrected chi connectivity index (χ3v) is 4.91. The summed E-state index contributed by atoms with van der Waals surface area (Å²) in [6.45, 7) is 0. The van der Waals surface area contributed by atoms with Crippen LogP contribution in [-0.2, 0) is 9.53 Å². The Kier molecular flexibility index (Phi) is 5.51. The second-order valence-corrected chi connectivity index (χ2v) is 6.64. The van der Waals surface area contributed by atoms with E-state index in [1.807, 2.05) is 42.6 Å². The number of hydrogen-bond donors (Lipinski definition) is 3. The fourth-order valence-corrected chi connectivity index (χ4v) is 3.34. The molecule has 0 bridgehead atoms. The van der Waals surface area contributed by atoms with Gasteiger partial charge < -0.3 is 15.8 Å². The molecular formula is C20H24N4O2.